The fourth-order valence-electron chi connectivity index (χ4n) is 1.28. The summed E-state index contributed by atoms with van der Waals surface area (Å²) in [6.45, 7) is 2.00. The van der Waals surface area contributed by atoms with Crippen molar-refractivity contribution in [1.29, 1.82) is 0 Å². The molecule has 0 bridgehead atoms. The van der Waals surface area contributed by atoms with Gasteiger partial charge in [-0.25, -0.2) is 0 Å². The monoisotopic (exact) mass is 217 g/mol. The first kappa shape index (κ1) is 12.0. The predicted octanol–water partition coefficient (Wildman–Crippen LogP) is 2.68. The molecule has 1 rings (SSSR count). The smallest absolute Gasteiger partial charge is 0.320 e. The van der Waals surface area contributed by atoms with Crippen LogP contribution in [0.2, 0.25) is 0 Å². The van der Waals surface area contributed by atoms with Gasteiger partial charge in [-0.05, 0) is 24.0 Å². The maximum absolute atomic E-state index is 12.2. The molecule has 1 aromatic rings. The number of rotatable bonds is 3. The fraction of sp³-hybridized carbons (Fsp3) is 0.455. The molecule has 0 radical (unpaired) electrons. The van der Waals surface area contributed by atoms with Crippen LogP contribution in [0, 0.1) is 0 Å². The Morgan fingerprint density at radius 2 is 1.60 bits per heavy atom. The van der Waals surface area contributed by atoms with Crippen LogP contribution in [-0.2, 0) is 12.8 Å². The molecule has 4 heteroatoms. The van der Waals surface area contributed by atoms with E-state index >= 15 is 0 Å². The quantitative estimate of drug-likeness (QED) is 0.827. The first-order valence-electron chi connectivity index (χ1n) is 4.83. The topological polar surface area (TPSA) is 26.0 Å². The van der Waals surface area contributed by atoms with Crippen molar-refractivity contribution in [2.75, 3.05) is 0 Å². The molecule has 0 aromatic heterocycles. The zero-order chi connectivity index (χ0) is 11.5. The van der Waals surface area contributed by atoms with Crippen LogP contribution in [0.25, 0.3) is 0 Å². The largest absolute Gasteiger partial charge is 0.403 e. The summed E-state index contributed by atoms with van der Waals surface area (Å²) < 4.78 is 36.5. The van der Waals surface area contributed by atoms with Crippen LogP contribution in [0.3, 0.4) is 0 Å². The van der Waals surface area contributed by atoms with Crippen molar-refractivity contribution >= 4 is 0 Å². The lowest BCUT2D eigenvalue weighted by Crippen LogP contribution is -2.39. The van der Waals surface area contributed by atoms with Gasteiger partial charge in [-0.1, -0.05) is 31.2 Å². The first-order valence-corrected chi connectivity index (χ1v) is 4.83. The van der Waals surface area contributed by atoms with Gasteiger partial charge in [0.15, 0.2) is 0 Å². The summed E-state index contributed by atoms with van der Waals surface area (Å²) in [5, 5.41) is 0. The lowest BCUT2D eigenvalue weighted by Gasteiger charge is -2.15. The average Bonchev–Trinajstić information content (AvgIpc) is 2.17. The van der Waals surface area contributed by atoms with Crippen molar-refractivity contribution in [2.24, 2.45) is 5.73 Å². The van der Waals surface area contributed by atoms with Crippen molar-refractivity contribution in [3.8, 4) is 0 Å². The summed E-state index contributed by atoms with van der Waals surface area (Å²) in [6, 6.07) is 5.29. The molecule has 0 saturated carbocycles. The van der Waals surface area contributed by atoms with Gasteiger partial charge in [0.1, 0.15) is 6.04 Å². The molecule has 0 saturated heterocycles. The highest BCUT2D eigenvalue weighted by Crippen LogP contribution is 2.21. The van der Waals surface area contributed by atoms with Crippen molar-refractivity contribution in [2.45, 2.75) is 32.0 Å². The fourth-order valence-corrected chi connectivity index (χ4v) is 1.28. The summed E-state index contributed by atoms with van der Waals surface area (Å²) in [7, 11) is 0. The second kappa shape index (κ2) is 4.66. The second-order valence-corrected chi connectivity index (χ2v) is 3.52. The van der Waals surface area contributed by atoms with Crippen molar-refractivity contribution < 1.29 is 13.2 Å². The molecule has 0 aliphatic carbocycles. The van der Waals surface area contributed by atoms with E-state index in [9.17, 15) is 13.2 Å². The van der Waals surface area contributed by atoms with Gasteiger partial charge < -0.3 is 5.73 Å². The van der Waals surface area contributed by atoms with E-state index in [-0.39, 0.29) is 6.42 Å². The van der Waals surface area contributed by atoms with Crippen molar-refractivity contribution in [1.82, 2.24) is 0 Å². The molecule has 0 aliphatic heterocycles. The number of benzene rings is 1. The van der Waals surface area contributed by atoms with Gasteiger partial charge in [-0.15, -0.1) is 0 Å². The first-order chi connectivity index (χ1) is 6.93. The molecule has 2 N–H and O–H groups in total. The zero-order valence-corrected chi connectivity index (χ0v) is 8.51. The third-order valence-corrected chi connectivity index (χ3v) is 2.31. The van der Waals surface area contributed by atoms with Crippen LogP contribution in [0.1, 0.15) is 18.1 Å². The van der Waals surface area contributed by atoms with Crippen LogP contribution >= 0.6 is 0 Å². The Morgan fingerprint density at radius 1 is 1.13 bits per heavy atom. The summed E-state index contributed by atoms with van der Waals surface area (Å²) in [4.78, 5) is 0. The minimum absolute atomic E-state index is 0.159. The number of aryl methyl sites for hydroxylation is 1. The highest BCUT2D eigenvalue weighted by molar-refractivity contribution is 5.23. The van der Waals surface area contributed by atoms with Crippen LogP contribution < -0.4 is 5.73 Å². The van der Waals surface area contributed by atoms with E-state index in [1.165, 1.54) is 0 Å². The molecule has 1 atom stereocenters. The Morgan fingerprint density at radius 3 is 2.00 bits per heavy atom. The standard InChI is InChI=1S/C11H14F3N/c1-2-8-3-5-9(6-4-8)7-10(15)11(12,13)14/h3-6,10H,2,7,15H2,1H3/t10-/m1/s1. The molecule has 0 aliphatic rings. The number of hydrogen-bond donors (Lipinski definition) is 1. The van der Waals surface area contributed by atoms with Crippen molar-refractivity contribution in [3.05, 3.63) is 35.4 Å². The normalized spacial score (nSPS) is 13.9. The van der Waals surface area contributed by atoms with Crippen LogP contribution in [0.4, 0.5) is 13.2 Å². The second-order valence-electron chi connectivity index (χ2n) is 3.52. The van der Waals surface area contributed by atoms with Gasteiger partial charge in [0.25, 0.3) is 0 Å². The number of alkyl halides is 3. The highest BCUT2D eigenvalue weighted by Gasteiger charge is 2.36. The number of hydrogen-bond acceptors (Lipinski definition) is 1. The SMILES string of the molecule is CCc1ccc(C[C@@H](N)C(F)(F)F)cc1. The summed E-state index contributed by atoms with van der Waals surface area (Å²) in [5.74, 6) is 0. The summed E-state index contributed by atoms with van der Waals surface area (Å²) in [6.07, 6.45) is -3.59. The molecule has 0 spiro atoms. The van der Waals surface area contributed by atoms with Gasteiger partial charge in [0.2, 0.25) is 0 Å². The molecule has 0 fully saturated rings. The molecule has 15 heavy (non-hydrogen) atoms. The Bertz CT molecular complexity index is 303. The van der Waals surface area contributed by atoms with Crippen molar-refractivity contribution in [3.63, 3.8) is 0 Å². The van der Waals surface area contributed by atoms with Crippen LogP contribution in [0.15, 0.2) is 24.3 Å². The lowest BCUT2D eigenvalue weighted by atomic mass is 10.0. The lowest BCUT2D eigenvalue weighted by molar-refractivity contribution is -0.147. The molecule has 1 nitrogen and oxygen atoms in total. The maximum Gasteiger partial charge on any atom is 0.403 e. The van der Waals surface area contributed by atoms with Crippen LogP contribution in [-0.4, -0.2) is 12.2 Å². The van der Waals surface area contributed by atoms with E-state index in [1.807, 2.05) is 19.1 Å². The molecule has 0 unspecified atom stereocenters. The molecular weight excluding hydrogens is 203 g/mol. The Balaban J connectivity index is 2.65. The van der Waals surface area contributed by atoms with E-state index in [2.05, 4.69) is 0 Å². The van der Waals surface area contributed by atoms with E-state index in [0.717, 1.165) is 12.0 Å². The van der Waals surface area contributed by atoms with E-state index in [4.69, 9.17) is 5.73 Å². The number of halogens is 3. The molecule has 1 aromatic carbocycles. The number of nitrogens with two attached hydrogens (primary N) is 1. The van der Waals surface area contributed by atoms with Gasteiger partial charge in [0, 0.05) is 0 Å². The molecule has 0 heterocycles. The summed E-state index contributed by atoms with van der Waals surface area (Å²) >= 11 is 0. The molecular formula is C11H14F3N. The molecule has 0 amide bonds. The summed E-state index contributed by atoms with van der Waals surface area (Å²) in [5.41, 5.74) is 6.76. The van der Waals surface area contributed by atoms with E-state index in [0.29, 0.717) is 5.56 Å². The third kappa shape index (κ3) is 3.55. The van der Waals surface area contributed by atoms with Gasteiger partial charge >= 0.3 is 6.18 Å². The predicted molar refractivity (Wildman–Crippen MR) is 53.6 cm³/mol. The Hall–Kier alpha value is -1.03. The molecule has 84 valence electrons. The maximum atomic E-state index is 12.2. The highest BCUT2D eigenvalue weighted by atomic mass is 19.4. The Kier molecular flexibility index (Phi) is 3.74. The zero-order valence-electron chi connectivity index (χ0n) is 8.51. The third-order valence-electron chi connectivity index (χ3n) is 2.31. The van der Waals surface area contributed by atoms with Gasteiger partial charge in [-0.2, -0.15) is 13.2 Å². The van der Waals surface area contributed by atoms with E-state index in [1.54, 1.807) is 12.1 Å². The minimum Gasteiger partial charge on any atom is -0.320 e. The van der Waals surface area contributed by atoms with Crippen LogP contribution in [0.5, 0.6) is 0 Å². The van der Waals surface area contributed by atoms with Gasteiger partial charge in [0.05, 0.1) is 0 Å². The van der Waals surface area contributed by atoms with E-state index < -0.39 is 12.2 Å². The van der Waals surface area contributed by atoms with Gasteiger partial charge in [-0.3, -0.25) is 0 Å². The Labute approximate surface area is 87.1 Å². The minimum atomic E-state index is -4.32. The average molecular weight is 217 g/mol.